The van der Waals surface area contributed by atoms with Gasteiger partial charge in [0.25, 0.3) is 5.91 Å². The highest BCUT2D eigenvalue weighted by Gasteiger charge is 2.25. The topological polar surface area (TPSA) is 105 Å². The van der Waals surface area contributed by atoms with Crippen LogP contribution in [0.5, 0.6) is 5.75 Å². The van der Waals surface area contributed by atoms with Crippen LogP contribution < -0.4 is 15.4 Å². The number of nitrogens with one attached hydrogen (secondary N) is 2. The number of carbonyl (C=O) groups is 2. The minimum Gasteiger partial charge on any atom is -0.484 e. The number of carbonyl (C=O) groups excluding carboxylic acids is 2. The summed E-state index contributed by atoms with van der Waals surface area (Å²) in [4.78, 5) is 23.5. The number of hydrogen-bond donors (Lipinski definition) is 2. The van der Waals surface area contributed by atoms with Crippen LogP contribution >= 0.6 is 0 Å². The number of nitrogens with zero attached hydrogens (tertiary/aromatic N) is 1. The van der Waals surface area contributed by atoms with E-state index < -0.39 is 10.0 Å². The molecule has 0 unspecified atom stereocenters. The third kappa shape index (κ3) is 5.80. The fourth-order valence-corrected chi connectivity index (χ4v) is 4.70. The van der Waals surface area contributed by atoms with Crippen molar-refractivity contribution >= 4 is 33.2 Å². The van der Waals surface area contributed by atoms with E-state index in [1.165, 1.54) is 23.4 Å². The Morgan fingerprint density at radius 1 is 0.967 bits per heavy atom. The van der Waals surface area contributed by atoms with E-state index in [9.17, 15) is 18.0 Å². The third-order valence-corrected chi connectivity index (χ3v) is 6.53. The van der Waals surface area contributed by atoms with Crippen molar-refractivity contribution in [2.75, 3.05) is 30.3 Å². The summed E-state index contributed by atoms with van der Waals surface area (Å²) in [5, 5.41) is 5.33. The summed E-state index contributed by atoms with van der Waals surface area (Å²) in [6.45, 7) is 2.26. The Labute approximate surface area is 176 Å². The number of hydrogen-bond acceptors (Lipinski definition) is 5. The Balaban J connectivity index is 1.55. The lowest BCUT2D eigenvalue weighted by Gasteiger charge is -2.25. The van der Waals surface area contributed by atoms with Crippen molar-refractivity contribution < 1.29 is 22.7 Å². The third-order valence-electron chi connectivity index (χ3n) is 4.61. The van der Waals surface area contributed by atoms with E-state index in [4.69, 9.17) is 4.74 Å². The molecule has 0 bridgehead atoms. The van der Waals surface area contributed by atoms with Crippen molar-refractivity contribution in [2.45, 2.75) is 31.1 Å². The predicted molar refractivity (Wildman–Crippen MR) is 114 cm³/mol. The molecule has 1 aliphatic heterocycles. The van der Waals surface area contributed by atoms with Gasteiger partial charge in [-0.25, -0.2) is 8.42 Å². The van der Waals surface area contributed by atoms with Crippen molar-refractivity contribution in [3.63, 3.8) is 0 Å². The van der Waals surface area contributed by atoms with E-state index >= 15 is 0 Å². The Hall–Kier alpha value is -2.91. The highest BCUT2D eigenvalue weighted by Crippen LogP contribution is 2.23. The lowest BCUT2D eigenvalue weighted by molar-refractivity contribution is -0.118. The summed E-state index contributed by atoms with van der Waals surface area (Å²) in [6, 6.07) is 12.8. The van der Waals surface area contributed by atoms with E-state index in [1.54, 1.807) is 36.4 Å². The van der Waals surface area contributed by atoms with Crippen LogP contribution in [0.1, 0.15) is 26.2 Å². The minimum atomic E-state index is -3.49. The van der Waals surface area contributed by atoms with Gasteiger partial charge in [-0.15, -0.1) is 0 Å². The van der Waals surface area contributed by atoms with Gasteiger partial charge in [-0.3, -0.25) is 9.59 Å². The summed E-state index contributed by atoms with van der Waals surface area (Å²) in [5.74, 6) is -0.178. The van der Waals surface area contributed by atoms with Gasteiger partial charge >= 0.3 is 0 Å². The molecule has 3 rings (SSSR count). The van der Waals surface area contributed by atoms with Gasteiger partial charge in [0.1, 0.15) is 5.75 Å². The van der Waals surface area contributed by atoms with E-state index in [1.807, 2.05) is 0 Å². The number of benzene rings is 2. The number of rotatable bonds is 7. The van der Waals surface area contributed by atoms with E-state index in [0.717, 1.165) is 19.3 Å². The SMILES string of the molecule is CC(=O)Nc1cccc(NC(=O)COc2ccc(S(=O)(=O)N3CCCCC3)cc2)c1. The van der Waals surface area contributed by atoms with E-state index in [-0.39, 0.29) is 23.3 Å². The first-order valence-corrected chi connectivity index (χ1v) is 11.2. The lowest BCUT2D eigenvalue weighted by atomic mass is 10.2. The molecule has 1 saturated heterocycles. The average molecular weight is 432 g/mol. The number of sulfonamides is 1. The Morgan fingerprint density at radius 2 is 1.60 bits per heavy atom. The molecule has 0 radical (unpaired) electrons. The fourth-order valence-electron chi connectivity index (χ4n) is 3.19. The maximum Gasteiger partial charge on any atom is 0.262 e. The molecule has 0 aromatic heterocycles. The molecule has 2 aromatic carbocycles. The van der Waals surface area contributed by atoms with Gasteiger partial charge in [0.05, 0.1) is 4.90 Å². The molecule has 0 spiro atoms. The molecule has 9 heteroatoms. The zero-order chi connectivity index (χ0) is 21.6. The number of piperidine rings is 1. The summed E-state index contributed by atoms with van der Waals surface area (Å²) in [7, 11) is -3.49. The number of amides is 2. The molecule has 1 aliphatic rings. The first-order chi connectivity index (χ1) is 14.3. The molecule has 2 aromatic rings. The molecule has 0 atom stereocenters. The molecular weight excluding hydrogens is 406 g/mol. The van der Waals surface area contributed by atoms with Crippen LogP contribution in [-0.4, -0.2) is 44.2 Å². The maximum absolute atomic E-state index is 12.7. The van der Waals surface area contributed by atoms with Gasteiger partial charge in [0.2, 0.25) is 15.9 Å². The Kier molecular flexibility index (Phi) is 7.07. The molecule has 1 fully saturated rings. The van der Waals surface area contributed by atoms with Crippen LogP contribution in [0.15, 0.2) is 53.4 Å². The van der Waals surface area contributed by atoms with Crippen molar-refractivity contribution in [1.82, 2.24) is 4.31 Å². The molecule has 0 aliphatic carbocycles. The van der Waals surface area contributed by atoms with Crippen LogP contribution in [0.4, 0.5) is 11.4 Å². The van der Waals surface area contributed by atoms with Crippen LogP contribution in [0, 0.1) is 0 Å². The van der Waals surface area contributed by atoms with E-state index in [2.05, 4.69) is 10.6 Å². The fraction of sp³-hybridized carbons (Fsp3) is 0.333. The van der Waals surface area contributed by atoms with Gasteiger partial charge in [-0.05, 0) is 55.3 Å². The second-order valence-electron chi connectivity index (χ2n) is 7.03. The summed E-state index contributed by atoms with van der Waals surface area (Å²) in [5.41, 5.74) is 1.10. The summed E-state index contributed by atoms with van der Waals surface area (Å²) < 4.78 is 32.3. The second-order valence-corrected chi connectivity index (χ2v) is 8.97. The quantitative estimate of drug-likeness (QED) is 0.701. The minimum absolute atomic E-state index is 0.201. The molecule has 160 valence electrons. The Bertz CT molecular complexity index is 1000. The average Bonchev–Trinajstić information content (AvgIpc) is 2.73. The molecule has 1 heterocycles. The molecule has 30 heavy (non-hydrogen) atoms. The van der Waals surface area contributed by atoms with Crippen LogP contribution in [0.25, 0.3) is 0 Å². The lowest BCUT2D eigenvalue weighted by Crippen LogP contribution is -2.35. The maximum atomic E-state index is 12.7. The van der Waals surface area contributed by atoms with Crippen LogP contribution in [-0.2, 0) is 19.6 Å². The highest BCUT2D eigenvalue weighted by molar-refractivity contribution is 7.89. The smallest absolute Gasteiger partial charge is 0.262 e. The zero-order valence-corrected chi connectivity index (χ0v) is 17.6. The van der Waals surface area contributed by atoms with Crippen molar-refractivity contribution in [1.29, 1.82) is 0 Å². The standard InChI is InChI=1S/C21H25N3O5S/c1-16(25)22-17-6-5-7-18(14-17)23-21(26)15-29-19-8-10-20(11-9-19)30(27,28)24-12-3-2-4-13-24/h5-11,14H,2-4,12-13,15H2,1H3,(H,22,25)(H,23,26). The van der Waals surface area contributed by atoms with Gasteiger partial charge < -0.3 is 15.4 Å². The molecule has 0 saturated carbocycles. The molecule has 2 N–H and O–H groups in total. The molecular formula is C21H25N3O5S. The van der Waals surface area contributed by atoms with Gasteiger partial charge in [-0.2, -0.15) is 4.31 Å². The largest absolute Gasteiger partial charge is 0.484 e. The van der Waals surface area contributed by atoms with Crippen molar-refractivity contribution in [2.24, 2.45) is 0 Å². The predicted octanol–water partition coefficient (Wildman–Crippen LogP) is 2.84. The monoisotopic (exact) mass is 431 g/mol. The number of anilines is 2. The molecule has 8 nitrogen and oxygen atoms in total. The zero-order valence-electron chi connectivity index (χ0n) is 16.8. The summed E-state index contributed by atoms with van der Waals surface area (Å²) >= 11 is 0. The van der Waals surface area contributed by atoms with Crippen LogP contribution in [0.2, 0.25) is 0 Å². The van der Waals surface area contributed by atoms with Gasteiger partial charge in [0.15, 0.2) is 6.61 Å². The summed E-state index contributed by atoms with van der Waals surface area (Å²) in [6.07, 6.45) is 2.81. The first-order valence-electron chi connectivity index (χ1n) is 9.75. The van der Waals surface area contributed by atoms with Gasteiger partial charge in [0, 0.05) is 31.4 Å². The normalized spacial score (nSPS) is 14.7. The number of ether oxygens (including phenoxy) is 1. The second kappa shape index (κ2) is 9.73. The Morgan fingerprint density at radius 3 is 2.23 bits per heavy atom. The van der Waals surface area contributed by atoms with Crippen molar-refractivity contribution in [3.05, 3.63) is 48.5 Å². The van der Waals surface area contributed by atoms with Crippen LogP contribution in [0.3, 0.4) is 0 Å². The van der Waals surface area contributed by atoms with Gasteiger partial charge in [-0.1, -0.05) is 12.5 Å². The van der Waals surface area contributed by atoms with Crippen molar-refractivity contribution in [3.8, 4) is 5.75 Å². The first kappa shape index (κ1) is 21.8. The highest BCUT2D eigenvalue weighted by atomic mass is 32.2. The van der Waals surface area contributed by atoms with E-state index in [0.29, 0.717) is 30.2 Å². The molecule has 2 amide bonds.